The van der Waals surface area contributed by atoms with E-state index in [0.29, 0.717) is 49.8 Å². The fraction of sp³-hybridized carbons (Fsp3) is 0.429. The number of carbonyl (C=O) groups excluding carboxylic acids is 1. The zero-order valence-corrected chi connectivity index (χ0v) is 21.5. The van der Waals surface area contributed by atoms with Crippen molar-refractivity contribution in [1.29, 1.82) is 0 Å². The Kier molecular flexibility index (Phi) is 8.15. The van der Waals surface area contributed by atoms with Crippen molar-refractivity contribution >= 4 is 17.0 Å². The molecule has 8 nitrogen and oxygen atoms in total. The number of fused-ring (bicyclic) bond motifs is 1. The summed E-state index contributed by atoms with van der Waals surface area (Å²) < 4.78 is 17.9. The van der Waals surface area contributed by atoms with Crippen LogP contribution < -0.4 is 20.3 Å². The van der Waals surface area contributed by atoms with Crippen molar-refractivity contribution in [2.45, 2.75) is 45.8 Å². The van der Waals surface area contributed by atoms with E-state index < -0.39 is 0 Å². The van der Waals surface area contributed by atoms with Crippen LogP contribution in [0.1, 0.15) is 36.5 Å². The number of rotatable bonds is 8. The monoisotopic (exact) mass is 493 g/mol. The number of hydrogen-bond donors (Lipinski definition) is 1. The van der Waals surface area contributed by atoms with Crippen molar-refractivity contribution in [3.63, 3.8) is 0 Å². The van der Waals surface area contributed by atoms with Crippen LogP contribution in [0.4, 0.5) is 4.79 Å². The second kappa shape index (κ2) is 11.5. The third kappa shape index (κ3) is 5.65. The maximum atomic E-state index is 13.7. The minimum absolute atomic E-state index is 0.0354. The summed E-state index contributed by atoms with van der Waals surface area (Å²) >= 11 is 0. The van der Waals surface area contributed by atoms with Gasteiger partial charge < -0.3 is 29.0 Å². The molecule has 1 aromatic heterocycles. The van der Waals surface area contributed by atoms with Crippen LogP contribution >= 0.6 is 0 Å². The van der Waals surface area contributed by atoms with Crippen molar-refractivity contribution < 1.29 is 19.0 Å². The number of ether oxygens (including phenoxy) is 3. The second-order valence-corrected chi connectivity index (χ2v) is 9.15. The van der Waals surface area contributed by atoms with Gasteiger partial charge in [-0.2, -0.15) is 0 Å². The molecule has 0 atom stereocenters. The van der Waals surface area contributed by atoms with Crippen molar-refractivity contribution in [3.8, 4) is 11.5 Å². The highest BCUT2D eigenvalue weighted by Crippen LogP contribution is 2.32. The number of piperidine rings is 1. The lowest BCUT2D eigenvalue weighted by Crippen LogP contribution is -2.45. The topological polar surface area (TPSA) is 82.0 Å². The molecule has 3 aromatic rings. The highest BCUT2D eigenvalue weighted by molar-refractivity contribution is 5.84. The molecule has 1 aliphatic heterocycles. The van der Waals surface area contributed by atoms with Gasteiger partial charge in [-0.05, 0) is 44.4 Å². The quantitative estimate of drug-likeness (QED) is 0.509. The third-order valence-electron chi connectivity index (χ3n) is 6.74. The molecule has 2 aromatic carbocycles. The first-order chi connectivity index (χ1) is 17.4. The molecular formula is C28H35N3O5. The van der Waals surface area contributed by atoms with Gasteiger partial charge >= 0.3 is 6.09 Å². The van der Waals surface area contributed by atoms with Crippen LogP contribution in [0, 0.1) is 6.92 Å². The summed E-state index contributed by atoms with van der Waals surface area (Å²) in [7, 11) is 3.20. The lowest BCUT2D eigenvalue weighted by Gasteiger charge is -2.31. The first-order valence-corrected chi connectivity index (χ1v) is 12.4. The molecule has 0 bridgehead atoms. The zero-order valence-electron chi connectivity index (χ0n) is 21.5. The average molecular weight is 494 g/mol. The van der Waals surface area contributed by atoms with E-state index in [1.54, 1.807) is 19.1 Å². The molecule has 0 unspecified atom stereocenters. The molecule has 0 saturated carbocycles. The minimum atomic E-state index is -0.256. The van der Waals surface area contributed by atoms with Crippen LogP contribution in [-0.4, -0.2) is 55.5 Å². The largest absolute Gasteiger partial charge is 0.493 e. The van der Waals surface area contributed by atoms with Crippen LogP contribution in [0.5, 0.6) is 11.5 Å². The van der Waals surface area contributed by atoms with Gasteiger partial charge in [0.1, 0.15) is 0 Å². The van der Waals surface area contributed by atoms with Gasteiger partial charge in [-0.1, -0.05) is 29.8 Å². The Morgan fingerprint density at radius 3 is 2.33 bits per heavy atom. The molecular weight excluding hydrogens is 458 g/mol. The maximum Gasteiger partial charge on any atom is 0.409 e. The van der Waals surface area contributed by atoms with E-state index in [2.05, 4.69) is 29.6 Å². The molecule has 1 amide bonds. The molecule has 1 fully saturated rings. The third-order valence-corrected chi connectivity index (χ3v) is 6.74. The summed E-state index contributed by atoms with van der Waals surface area (Å²) in [6.07, 6.45) is 1.37. The smallest absolute Gasteiger partial charge is 0.409 e. The van der Waals surface area contributed by atoms with Gasteiger partial charge in [-0.15, -0.1) is 0 Å². The molecule has 8 heteroatoms. The van der Waals surface area contributed by atoms with Crippen molar-refractivity contribution in [1.82, 2.24) is 14.8 Å². The van der Waals surface area contributed by atoms with Crippen LogP contribution in [-0.2, 0) is 17.8 Å². The van der Waals surface area contributed by atoms with Gasteiger partial charge in [-0.25, -0.2) is 4.79 Å². The Hall–Kier alpha value is -3.52. The number of likely N-dealkylation sites (tertiary alicyclic amines) is 1. The van der Waals surface area contributed by atoms with Gasteiger partial charge in [0.05, 0.1) is 32.9 Å². The van der Waals surface area contributed by atoms with Crippen LogP contribution in [0.3, 0.4) is 0 Å². The highest BCUT2D eigenvalue weighted by Gasteiger charge is 2.23. The second-order valence-electron chi connectivity index (χ2n) is 9.15. The van der Waals surface area contributed by atoms with Crippen molar-refractivity contribution in [2.24, 2.45) is 0 Å². The number of aryl methyl sites for hydroxylation is 1. The van der Waals surface area contributed by atoms with Crippen LogP contribution in [0.2, 0.25) is 0 Å². The Labute approximate surface area is 211 Å². The number of nitrogens with zero attached hydrogens (tertiary/aromatic N) is 2. The molecule has 1 N–H and O–H groups in total. The highest BCUT2D eigenvalue weighted by atomic mass is 16.6. The SMILES string of the molecule is CCOC(=O)N1CCC(NCc2cc3cc(OC)c(OC)cc3n(Cc3ccc(C)cc3)c2=O)CC1. The van der Waals surface area contributed by atoms with Gasteiger partial charge in [-0.3, -0.25) is 4.79 Å². The Bertz CT molecular complexity index is 1260. The van der Waals surface area contributed by atoms with Gasteiger partial charge in [0.2, 0.25) is 0 Å². The number of carbonyl (C=O) groups is 1. The van der Waals surface area contributed by atoms with E-state index >= 15 is 0 Å². The van der Waals surface area contributed by atoms with Crippen LogP contribution in [0.15, 0.2) is 47.3 Å². The van der Waals surface area contributed by atoms with Crippen LogP contribution in [0.25, 0.3) is 10.9 Å². The summed E-state index contributed by atoms with van der Waals surface area (Å²) in [5.74, 6) is 1.21. The van der Waals surface area contributed by atoms with Gasteiger partial charge in [0.15, 0.2) is 11.5 Å². The van der Waals surface area contributed by atoms with E-state index in [4.69, 9.17) is 14.2 Å². The first-order valence-electron chi connectivity index (χ1n) is 12.4. The molecule has 1 aliphatic rings. The standard InChI is InChI=1S/C28H35N3O5/c1-5-36-28(33)30-12-10-23(11-13-30)29-17-22-14-21-15-25(34-3)26(35-4)16-24(21)31(27(22)32)18-20-8-6-19(2)7-9-20/h6-9,14-16,23,29H,5,10-13,17-18H2,1-4H3. The summed E-state index contributed by atoms with van der Waals surface area (Å²) in [6, 6.07) is 14.2. The van der Waals surface area contributed by atoms with Gasteiger partial charge in [0.25, 0.3) is 5.56 Å². The van der Waals surface area contributed by atoms with E-state index in [-0.39, 0.29) is 17.7 Å². The predicted molar refractivity (Wildman–Crippen MR) is 140 cm³/mol. The Morgan fingerprint density at radius 2 is 1.69 bits per heavy atom. The molecule has 192 valence electrons. The molecule has 0 spiro atoms. The number of aromatic nitrogens is 1. The number of benzene rings is 2. The summed E-state index contributed by atoms with van der Waals surface area (Å²) in [6.45, 7) is 6.42. The fourth-order valence-electron chi connectivity index (χ4n) is 4.66. The van der Waals surface area contributed by atoms with Gasteiger partial charge in [0, 0.05) is 42.7 Å². The van der Waals surface area contributed by atoms with Crippen molar-refractivity contribution in [3.05, 3.63) is 69.5 Å². The van der Waals surface area contributed by atoms with E-state index in [9.17, 15) is 9.59 Å². The molecule has 4 rings (SSSR count). The molecule has 1 saturated heterocycles. The number of nitrogens with one attached hydrogen (secondary N) is 1. The molecule has 36 heavy (non-hydrogen) atoms. The molecule has 2 heterocycles. The predicted octanol–water partition coefficient (Wildman–Crippen LogP) is 4.09. The average Bonchev–Trinajstić information content (AvgIpc) is 2.90. The molecule has 0 aliphatic carbocycles. The van der Waals surface area contributed by atoms with Crippen molar-refractivity contribution in [2.75, 3.05) is 33.9 Å². The zero-order chi connectivity index (χ0) is 25.7. The number of methoxy groups -OCH3 is 2. The summed E-state index contributed by atoms with van der Waals surface area (Å²) in [4.78, 5) is 27.4. The number of hydrogen-bond acceptors (Lipinski definition) is 6. The number of amides is 1. The Balaban J connectivity index is 1.61. The fourth-order valence-corrected chi connectivity index (χ4v) is 4.66. The van der Waals surface area contributed by atoms with E-state index in [0.717, 1.165) is 29.3 Å². The lowest BCUT2D eigenvalue weighted by atomic mass is 10.0. The van der Waals surface area contributed by atoms with E-state index in [1.165, 1.54) is 5.56 Å². The summed E-state index contributed by atoms with van der Waals surface area (Å²) in [5, 5.41) is 4.45. The summed E-state index contributed by atoms with van der Waals surface area (Å²) in [5.41, 5.74) is 3.68. The number of pyridine rings is 1. The minimum Gasteiger partial charge on any atom is -0.493 e. The molecule has 0 radical (unpaired) electrons. The first kappa shape index (κ1) is 25.6. The lowest BCUT2D eigenvalue weighted by molar-refractivity contribution is 0.0950. The normalized spacial score (nSPS) is 14.2. The van der Waals surface area contributed by atoms with E-state index in [1.807, 2.05) is 36.6 Å². The maximum absolute atomic E-state index is 13.7. The Morgan fingerprint density at radius 1 is 1.03 bits per heavy atom.